The summed E-state index contributed by atoms with van der Waals surface area (Å²) >= 11 is 1.29. The summed E-state index contributed by atoms with van der Waals surface area (Å²) in [6.45, 7) is 0. The molecule has 0 atom stereocenters. The largest absolute Gasteiger partial charge is 1.00 e. The molecule has 1 aromatic carbocycles. The van der Waals surface area contributed by atoms with Gasteiger partial charge >= 0.3 is 29.6 Å². The molecular formula is C9H4N3NaOS. The fourth-order valence-corrected chi connectivity index (χ4v) is 1.98. The molecule has 0 amide bonds. The summed E-state index contributed by atoms with van der Waals surface area (Å²) in [5, 5.41) is 21.9. The Morgan fingerprint density at radius 3 is 2.80 bits per heavy atom. The van der Waals surface area contributed by atoms with E-state index in [0.29, 0.717) is 5.01 Å². The van der Waals surface area contributed by atoms with Crippen molar-refractivity contribution in [2.75, 3.05) is 0 Å². The van der Waals surface area contributed by atoms with Gasteiger partial charge in [-0.2, -0.15) is 5.26 Å². The maximum atomic E-state index is 10.3. The standard InChI is InChI=1S/C9H5N3OS.Na/c10-5-7(12-13)9-11-6-3-1-2-4-8(6)14-9;/h1-4,13H;/q;+1/p-1/b12-7+;. The Morgan fingerprint density at radius 1 is 1.47 bits per heavy atom. The molecule has 2 rings (SSSR count). The number of hydrogen-bond acceptors (Lipinski definition) is 5. The summed E-state index contributed by atoms with van der Waals surface area (Å²) in [5.41, 5.74) is 0.620. The van der Waals surface area contributed by atoms with E-state index in [1.165, 1.54) is 11.3 Å². The van der Waals surface area contributed by atoms with Gasteiger partial charge < -0.3 is 10.4 Å². The first-order valence-corrected chi connectivity index (χ1v) is 4.63. The smallest absolute Gasteiger partial charge is 0.791 e. The Morgan fingerprint density at radius 2 is 2.20 bits per heavy atom. The summed E-state index contributed by atoms with van der Waals surface area (Å²) < 4.78 is 0.943. The van der Waals surface area contributed by atoms with E-state index in [9.17, 15) is 5.21 Å². The zero-order valence-corrected chi connectivity index (χ0v) is 10.8. The van der Waals surface area contributed by atoms with Crippen molar-refractivity contribution in [3.8, 4) is 6.07 Å². The van der Waals surface area contributed by atoms with E-state index < -0.39 is 0 Å². The van der Waals surface area contributed by atoms with Crippen molar-refractivity contribution >= 4 is 27.3 Å². The molecule has 0 aliphatic heterocycles. The summed E-state index contributed by atoms with van der Waals surface area (Å²) in [5.74, 6) is 0. The Bertz CT molecular complexity index is 511. The van der Waals surface area contributed by atoms with Gasteiger partial charge in [0.2, 0.25) is 0 Å². The van der Waals surface area contributed by atoms with Gasteiger partial charge in [-0.05, 0) is 12.1 Å². The van der Waals surface area contributed by atoms with Crippen LogP contribution < -0.4 is 29.6 Å². The average Bonchev–Trinajstić information content (AvgIpc) is 2.63. The summed E-state index contributed by atoms with van der Waals surface area (Å²) in [4.78, 5) is 4.12. The van der Waals surface area contributed by atoms with Crippen molar-refractivity contribution in [1.82, 2.24) is 4.98 Å². The second-order valence-electron chi connectivity index (χ2n) is 2.54. The summed E-state index contributed by atoms with van der Waals surface area (Å²) in [6.07, 6.45) is 0. The van der Waals surface area contributed by atoms with Crippen molar-refractivity contribution in [3.05, 3.63) is 34.5 Å². The Balaban J connectivity index is 0.00000112. The molecule has 0 radical (unpaired) electrons. The Labute approximate surface area is 112 Å². The quantitative estimate of drug-likeness (QED) is 0.359. The molecule has 0 N–H and O–H groups in total. The zero-order valence-electron chi connectivity index (χ0n) is 7.97. The van der Waals surface area contributed by atoms with E-state index in [0.717, 1.165) is 10.2 Å². The van der Waals surface area contributed by atoms with Gasteiger partial charge in [0.1, 0.15) is 6.07 Å². The molecule has 0 aliphatic rings. The molecule has 0 spiro atoms. The van der Waals surface area contributed by atoms with Crippen LogP contribution >= 0.6 is 11.3 Å². The van der Waals surface area contributed by atoms with Crippen molar-refractivity contribution in [3.63, 3.8) is 0 Å². The van der Waals surface area contributed by atoms with Gasteiger partial charge in [0, 0.05) is 0 Å². The maximum Gasteiger partial charge on any atom is 1.00 e. The van der Waals surface area contributed by atoms with Gasteiger partial charge in [-0.3, -0.25) is 0 Å². The third-order valence-corrected chi connectivity index (χ3v) is 2.74. The Kier molecular flexibility index (Phi) is 4.24. The number of thiazole rings is 1. The molecular weight excluding hydrogens is 221 g/mol. The number of rotatable bonds is 1. The molecule has 0 fully saturated rings. The zero-order chi connectivity index (χ0) is 9.97. The SMILES string of the molecule is N#C/C(=N\[O-])c1nc2ccccc2s1.[Na+]. The van der Waals surface area contributed by atoms with Gasteiger partial charge in [-0.25, -0.2) is 4.98 Å². The van der Waals surface area contributed by atoms with Crippen molar-refractivity contribution in [2.45, 2.75) is 0 Å². The molecule has 2 aromatic rings. The van der Waals surface area contributed by atoms with Crippen LogP contribution in [0.3, 0.4) is 0 Å². The van der Waals surface area contributed by atoms with E-state index in [4.69, 9.17) is 5.26 Å². The van der Waals surface area contributed by atoms with E-state index in [-0.39, 0.29) is 35.3 Å². The van der Waals surface area contributed by atoms with Crippen LogP contribution in [0.1, 0.15) is 5.01 Å². The topological polar surface area (TPSA) is 72.1 Å². The second kappa shape index (κ2) is 5.24. The molecule has 68 valence electrons. The van der Waals surface area contributed by atoms with Gasteiger partial charge in [-0.15, -0.1) is 11.3 Å². The number of nitrogens with zero attached hydrogens (tertiary/aromatic N) is 3. The molecule has 1 aromatic heterocycles. The average molecular weight is 225 g/mol. The maximum absolute atomic E-state index is 10.3. The first kappa shape index (κ1) is 12.1. The van der Waals surface area contributed by atoms with E-state index in [1.54, 1.807) is 6.07 Å². The molecule has 15 heavy (non-hydrogen) atoms. The van der Waals surface area contributed by atoms with Crippen LogP contribution in [0.4, 0.5) is 0 Å². The van der Waals surface area contributed by atoms with Gasteiger partial charge in [0.15, 0.2) is 10.7 Å². The number of benzene rings is 1. The molecule has 6 heteroatoms. The number of hydrogen-bond donors (Lipinski definition) is 0. The normalized spacial score (nSPS) is 10.7. The first-order chi connectivity index (χ1) is 6.85. The number of para-hydroxylation sites is 1. The molecule has 0 unspecified atom stereocenters. The third-order valence-electron chi connectivity index (χ3n) is 1.69. The van der Waals surface area contributed by atoms with E-state index in [2.05, 4.69) is 10.1 Å². The minimum atomic E-state index is -0.161. The molecule has 0 saturated heterocycles. The summed E-state index contributed by atoms with van der Waals surface area (Å²) in [6, 6.07) is 9.16. The van der Waals surface area contributed by atoms with Crippen LogP contribution in [0.5, 0.6) is 0 Å². The monoisotopic (exact) mass is 225 g/mol. The van der Waals surface area contributed by atoms with Crippen LogP contribution in [-0.2, 0) is 0 Å². The van der Waals surface area contributed by atoms with E-state index >= 15 is 0 Å². The fraction of sp³-hybridized carbons (Fsp3) is 0. The fourth-order valence-electron chi connectivity index (χ4n) is 1.08. The number of nitriles is 1. The number of aromatic nitrogens is 1. The Hall–Kier alpha value is -0.930. The molecule has 0 aliphatic carbocycles. The van der Waals surface area contributed by atoms with E-state index in [1.807, 2.05) is 24.3 Å². The van der Waals surface area contributed by atoms with Gasteiger partial charge in [0.25, 0.3) is 0 Å². The predicted molar refractivity (Wildman–Crippen MR) is 55.1 cm³/mol. The molecule has 1 heterocycles. The molecule has 0 bridgehead atoms. The van der Waals surface area contributed by atoms with Crippen LogP contribution in [0.25, 0.3) is 10.2 Å². The molecule has 4 nitrogen and oxygen atoms in total. The van der Waals surface area contributed by atoms with Crippen molar-refractivity contribution < 1.29 is 29.6 Å². The second-order valence-corrected chi connectivity index (χ2v) is 3.57. The molecule has 0 saturated carbocycles. The van der Waals surface area contributed by atoms with Crippen LogP contribution in [-0.4, -0.2) is 10.7 Å². The number of fused-ring (bicyclic) bond motifs is 1. The van der Waals surface area contributed by atoms with Crippen molar-refractivity contribution in [2.24, 2.45) is 5.16 Å². The van der Waals surface area contributed by atoms with Gasteiger partial charge in [-0.1, -0.05) is 12.1 Å². The minimum absolute atomic E-state index is 0. The third kappa shape index (κ3) is 2.36. The van der Waals surface area contributed by atoms with Crippen LogP contribution in [0.15, 0.2) is 29.4 Å². The van der Waals surface area contributed by atoms with Gasteiger partial charge in [0.05, 0.1) is 10.2 Å². The van der Waals surface area contributed by atoms with Crippen LogP contribution in [0.2, 0.25) is 0 Å². The van der Waals surface area contributed by atoms with Crippen LogP contribution in [0, 0.1) is 16.5 Å². The predicted octanol–water partition coefficient (Wildman–Crippen LogP) is -0.889. The first-order valence-electron chi connectivity index (χ1n) is 3.81. The summed E-state index contributed by atoms with van der Waals surface area (Å²) in [7, 11) is 0. The minimum Gasteiger partial charge on any atom is -0.791 e. The van der Waals surface area contributed by atoms with Crippen molar-refractivity contribution in [1.29, 1.82) is 5.26 Å².